The maximum atomic E-state index is 4.35. The van der Waals surface area contributed by atoms with Crippen LogP contribution in [0.4, 0.5) is 0 Å². The number of aromatic nitrogens is 2. The van der Waals surface area contributed by atoms with Gasteiger partial charge in [-0.15, -0.1) is 12.6 Å². The highest BCUT2D eigenvalue weighted by Crippen LogP contribution is 2.17. The van der Waals surface area contributed by atoms with Crippen LogP contribution in [0.2, 0.25) is 0 Å². The summed E-state index contributed by atoms with van der Waals surface area (Å²) in [6.45, 7) is 1.94. The Morgan fingerprint density at radius 2 is 2.31 bits per heavy atom. The Kier molecular flexibility index (Phi) is 3.50. The lowest BCUT2D eigenvalue weighted by molar-refractivity contribution is 0.997. The van der Waals surface area contributed by atoms with Gasteiger partial charge >= 0.3 is 0 Å². The molecule has 1 rings (SSSR count). The molecule has 0 aromatic carbocycles. The van der Waals surface area contributed by atoms with Crippen molar-refractivity contribution >= 4 is 33.2 Å². The van der Waals surface area contributed by atoms with Crippen molar-refractivity contribution in [2.24, 2.45) is 0 Å². The summed E-state index contributed by atoms with van der Waals surface area (Å²) in [5.74, 6) is 0. The standard InChI is InChI=1S/C8H10N3SSi/c1-5(9-2)7(12)6-3-4-10-8(13)11-6/h3-4,9,12H,1-2H3/b7-5-. The fraction of sp³-hybridized carbons (Fsp3) is 0.250. The third kappa shape index (κ3) is 2.56. The summed E-state index contributed by atoms with van der Waals surface area (Å²) in [6, 6.07) is 1.81. The van der Waals surface area contributed by atoms with Gasteiger partial charge in [-0.3, -0.25) is 0 Å². The molecule has 67 valence electrons. The third-order valence-corrected chi connectivity index (χ3v) is 2.43. The number of nitrogens with zero attached hydrogens (tertiary/aromatic N) is 2. The summed E-state index contributed by atoms with van der Waals surface area (Å²) in [5.41, 5.74) is 2.34. The zero-order valence-corrected chi connectivity index (χ0v) is 9.39. The Morgan fingerprint density at radius 1 is 1.62 bits per heavy atom. The van der Waals surface area contributed by atoms with E-state index in [1.165, 1.54) is 0 Å². The summed E-state index contributed by atoms with van der Waals surface area (Å²) < 4.78 is 0. The van der Waals surface area contributed by atoms with E-state index in [4.69, 9.17) is 0 Å². The maximum absolute atomic E-state index is 4.35. The molecule has 1 aromatic rings. The molecule has 0 saturated heterocycles. The molecule has 0 spiro atoms. The van der Waals surface area contributed by atoms with E-state index in [0.29, 0.717) is 5.45 Å². The van der Waals surface area contributed by atoms with Crippen LogP contribution in [-0.4, -0.2) is 27.3 Å². The van der Waals surface area contributed by atoms with Crippen molar-refractivity contribution in [3.05, 3.63) is 23.7 Å². The van der Waals surface area contributed by atoms with Gasteiger partial charge in [0.05, 0.1) is 11.1 Å². The number of thiol groups is 1. The highest BCUT2D eigenvalue weighted by atomic mass is 32.1. The summed E-state index contributed by atoms with van der Waals surface area (Å²) in [6.07, 6.45) is 1.68. The maximum Gasteiger partial charge on any atom is 0.128 e. The van der Waals surface area contributed by atoms with Crippen LogP contribution in [0.1, 0.15) is 12.6 Å². The lowest BCUT2D eigenvalue weighted by Crippen LogP contribution is -2.14. The highest BCUT2D eigenvalue weighted by Gasteiger charge is 2.01. The molecule has 0 unspecified atom stereocenters. The predicted molar refractivity (Wildman–Crippen MR) is 58.1 cm³/mol. The van der Waals surface area contributed by atoms with Crippen molar-refractivity contribution < 1.29 is 0 Å². The second-order valence-corrected chi connectivity index (χ2v) is 3.38. The molecule has 3 nitrogen and oxygen atoms in total. The fourth-order valence-corrected chi connectivity index (χ4v) is 1.23. The molecule has 0 aliphatic carbocycles. The van der Waals surface area contributed by atoms with Gasteiger partial charge in [-0.25, -0.2) is 9.97 Å². The predicted octanol–water partition coefficient (Wildman–Crippen LogP) is 0.108. The second-order valence-electron chi connectivity index (χ2n) is 2.49. The van der Waals surface area contributed by atoms with Gasteiger partial charge in [0, 0.05) is 23.8 Å². The van der Waals surface area contributed by atoms with Crippen LogP contribution in [0.25, 0.3) is 4.91 Å². The van der Waals surface area contributed by atoms with Gasteiger partial charge in [-0.05, 0) is 13.0 Å². The van der Waals surface area contributed by atoms with Crippen LogP contribution in [0.3, 0.4) is 0 Å². The molecule has 1 aromatic heterocycles. The largest absolute Gasteiger partial charge is 0.391 e. The van der Waals surface area contributed by atoms with E-state index in [2.05, 4.69) is 38.2 Å². The quantitative estimate of drug-likeness (QED) is 0.535. The Bertz CT molecular complexity index is 338. The topological polar surface area (TPSA) is 37.8 Å². The van der Waals surface area contributed by atoms with Gasteiger partial charge < -0.3 is 5.32 Å². The second kappa shape index (κ2) is 4.43. The lowest BCUT2D eigenvalue weighted by atomic mass is 10.3. The lowest BCUT2D eigenvalue weighted by Gasteiger charge is -2.05. The minimum Gasteiger partial charge on any atom is -0.391 e. The number of hydrogen-bond donors (Lipinski definition) is 2. The van der Waals surface area contributed by atoms with Crippen LogP contribution >= 0.6 is 12.6 Å². The summed E-state index contributed by atoms with van der Waals surface area (Å²) in [7, 11) is 5.10. The molecular weight excluding hydrogens is 198 g/mol. The van der Waals surface area contributed by atoms with Crippen molar-refractivity contribution in [3.63, 3.8) is 0 Å². The average Bonchev–Trinajstić information content (AvgIpc) is 2.15. The number of rotatable bonds is 2. The van der Waals surface area contributed by atoms with E-state index in [-0.39, 0.29) is 0 Å². The zero-order valence-electron chi connectivity index (χ0n) is 7.50. The molecule has 1 N–H and O–H groups in total. The molecule has 0 fully saturated rings. The molecule has 13 heavy (non-hydrogen) atoms. The molecule has 0 saturated carbocycles. The van der Waals surface area contributed by atoms with E-state index >= 15 is 0 Å². The Balaban J connectivity index is 3.08. The number of hydrogen-bond acceptors (Lipinski definition) is 4. The van der Waals surface area contributed by atoms with Gasteiger partial charge in [-0.2, -0.15) is 0 Å². The van der Waals surface area contributed by atoms with E-state index in [1.807, 2.05) is 20.0 Å². The first-order chi connectivity index (χ1) is 6.15. The molecule has 3 radical (unpaired) electrons. The molecule has 0 aliphatic rings. The summed E-state index contributed by atoms with van der Waals surface area (Å²) in [4.78, 5) is 8.93. The number of nitrogens with one attached hydrogen (secondary N) is 1. The van der Waals surface area contributed by atoms with E-state index in [9.17, 15) is 0 Å². The van der Waals surface area contributed by atoms with Crippen LogP contribution in [0, 0.1) is 0 Å². The van der Waals surface area contributed by atoms with Crippen molar-refractivity contribution in [2.45, 2.75) is 6.92 Å². The summed E-state index contributed by atoms with van der Waals surface area (Å²) >= 11 is 4.35. The van der Waals surface area contributed by atoms with Gasteiger partial charge in [0.1, 0.15) is 10.2 Å². The molecule has 0 bridgehead atoms. The van der Waals surface area contributed by atoms with Crippen molar-refractivity contribution in [2.75, 3.05) is 7.05 Å². The third-order valence-electron chi connectivity index (χ3n) is 1.63. The van der Waals surface area contributed by atoms with Crippen LogP contribution in [0.15, 0.2) is 18.0 Å². The van der Waals surface area contributed by atoms with Crippen LogP contribution in [0.5, 0.6) is 0 Å². The average molecular weight is 208 g/mol. The normalized spacial score (nSPS) is 12.3. The fourth-order valence-electron chi connectivity index (χ4n) is 0.801. The van der Waals surface area contributed by atoms with E-state index in [0.717, 1.165) is 16.3 Å². The van der Waals surface area contributed by atoms with Crippen LogP contribution in [-0.2, 0) is 0 Å². The van der Waals surface area contributed by atoms with Gasteiger partial charge in [0.25, 0.3) is 0 Å². The molecule has 0 aliphatic heterocycles. The van der Waals surface area contributed by atoms with Gasteiger partial charge in [-0.1, -0.05) is 0 Å². The van der Waals surface area contributed by atoms with E-state index in [1.54, 1.807) is 6.20 Å². The van der Waals surface area contributed by atoms with Gasteiger partial charge in [0.2, 0.25) is 0 Å². The Labute approximate surface area is 86.5 Å². The minimum atomic E-state index is 0.563. The highest BCUT2D eigenvalue weighted by molar-refractivity contribution is 7.90. The molecular formula is C8H10N3SSi. The Morgan fingerprint density at radius 3 is 2.85 bits per heavy atom. The first kappa shape index (κ1) is 10.3. The van der Waals surface area contributed by atoms with Gasteiger partial charge in [0.15, 0.2) is 0 Å². The Hall–Kier alpha value is -0.813. The first-order valence-corrected chi connectivity index (χ1v) is 4.72. The van der Waals surface area contributed by atoms with Crippen molar-refractivity contribution in [1.29, 1.82) is 0 Å². The molecule has 0 atom stereocenters. The molecule has 1 heterocycles. The molecule has 0 amide bonds. The SMILES string of the molecule is CN/C(C)=C(\S)c1ccnc([Si])n1. The number of allylic oxidation sites excluding steroid dienone is 1. The van der Waals surface area contributed by atoms with Crippen molar-refractivity contribution in [3.8, 4) is 0 Å². The molecule has 5 heteroatoms. The van der Waals surface area contributed by atoms with E-state index < -0.39 is 0 Å². The smallest absolute Gasteiger partial charge is 0.128 e. The van der Waals surface area contributed by atoms with Crippen molar-refractivity contribution in [1.82, 2.24) is 15.3 Å². The van der Waals surface area contributed by atoms with Crippen LogP contribution < -0.4 is 10.8 Å². The minimum absolute atomic E-state index is 0.563. The summed E-state index contributed by atoms with van der Waals surface area (Å²) in [5, 5.41) is 3.01. The first-order valence-electron chi connectivity index (χ1n) is 3.77. The monoisotopic (exact) mass is 208 g/mol. The zero-order chi connectivity index (χ0) is 9.84.